The molecule has 0 heterocycles. The van der Waals surface area contributed by atoms with Crippen LogP contribution in [0.3, 0.4) is 0 Å². The van der Waals surface area contributed by atoms with Crippen LogP contribution in [0.25, 0.3) is 0 Å². The summed E-state index contributed by atoms with van der Waals surface area (Å²) in [6.45, 7) is 5.77. The fraction of sp³-hybridized carbons (Fsp3) is 0.556. The van der Waals surface area contributed by atoms with E-state index in [9.17, 15) is 9.59 Å². The van der Waals surface area contributed by atoms with Gasteiger partial charge in [-0.25, -0.2) is 0 Å². The van der Waals surface area contributed by atoms with Gasteiger partial charge >= 0.3 is 0 Å². The molecule has 0 saturated carbocycles. The molecule has 0 radical (unpaired) electrons. The lowest BCUT2D eigenvalue weighted by Gasteiger charge is -2.16. The minimum absolute atomic E-state index is 0.0943. The maximum atomic E-state index is 12.1. The maximum Gasteiger partial charge on any atom is 0.238 e. The minimum atomic E-state index is -0.134. The lowest BCUT2D eigenvalue weighted by molar-refractivity contribution is -0.123. The number of methoxy groups -OCH3 is 1. The van der Waals surface area contributed by atoms with Gasteiger partial charge in [0.05, 0.1) is 13.1 Å². The number of benzene rings is 1. The number of carbonyl (C=O) groups excluding carboxylic acids is 2. The van der Waals surface area contributed by atoms with E-state index in [2.05, 4.69) is 24.5 Å². The van der Waals surface area contributed by atoms with Gasteiger partial charge in [0.1, 0.15) is 0 Å². The zero-order valence-electron chi connectivity index (χ0n) is 15.1. The second-order valence-electron chi connectivity index (χ2n) is 6.20. The SMILES string of the molecule is COCCCNC(=O)CN(C)CC(=O)Nc1cccc(C(C)C)c1. The largest absolute Gasteiger partial charge is 0.385 e. The maximum absolute atomic E-state index is 12.1. The van der Waals surface area contributed by atoms with E-state index in [1.54, 1.807) is 19.1 Å². The van der Waals surface area contributed by atoms with Crippen LogP contribution in [0, 0.1) is 0 Å². The van der Waals surface area contributed by atoms with Crippen LogP contribution >= 0.6 is 0 Å². The number of likely N-dealkylation sites (N-methyl/N-ethyl adjacent to an activating group) is 1. The highest BCUT2D eigenvalue weighted by Crippen LogP contribution is 2.18. The molecule has 0 bridgehead atoms. The molecule has 0 aromatic heterocycles. The second kappa shape index (κ2) is 10.8. The first-order valence-electron chi connectivity index (χ1n) is 8.26. The van der Waals surface area contributed by atoms with Gasteiger partial charge < -0.3 is 15.4 Å². The van der Waals surface area contributed by atoms with Gasteiger partial charge in [-0.15, -0.1) is 0 Å². The molecular formula is C18H29N3O3. The smallest absolute Gasteiger partial charge is 0.238 e. The van der Waals surface area contributed by atoms with Gasteiger partial charge in [-0.1, -0.05) is 26.0 Å². The van der Waals surface area contributed by atoms with Crippen molar-refractivity contribution in [2.45, 2.75) is 26.2 Å². The Morgan fingerprint density at radius 1 is 1.21 bits per heavy atom. The summed E-state index contributed by atoms with van der Waals surface area (Å²) in [6.07, 6.45) is 0.776. The van der Waals surface area contributed by atoms with Gasteiger partial charge in [0.15, 0.2) is 0 Å². The van der Waals surface area contributed by atoms with Gasteiger partial charge in [-0.2, -0.15) is 0 Å². The summed E-state index contributed by atoms with van der Waals surface area (Å²) < 4.78 is 4.92. The Morgan fingerprint density at radius 3 is 2.58 bits per heavy atom. The first kappa shape index (κ1) is 20.1. The topological polar surface area (TPSA) is 70.7 Å². The molecule has 0 aliphatic carbocycles. The highest BCUT2D eigenvalue weighted by molar-refractivity contribution is 5.92. The summed E-state index contributed by atoms with van der Waals surface area (Å²) in [7, 11) is 3.38. The van der Waals surface area contributed by atoms with Crippen molar-refractivity contribution in [3.63, 3.8) is 0 Å². The first-order chi connectivity index (χ1) is 11.4. The standard InChI is InChI=1S/C18H29N3O3/c1-14(2)15-7-5-8-16(11-15)20-18(23)13-21(3)12-17(22)19-9-6-10-24-4/h5,7-8,11,14H,6,9-10,12-13H2,1-4H3,(H,19,22)(H,20,23). The van der Waals surface area contributed by atoms with E-state index in [1.165, 1.54) is 5.56 Å². The van der Waals surface area contributed by atoms with Crippen LogP contribution in [0.4, 0.5) is 5.69 Å². The molecule has 0 unspecified atom stereocenters. The van der Waals surface area contributed by atoms with E-state index in [-0.39, 0.29) is 24.9 Å². The summed E-state index contributed by atoms with van der Waals surface area (Å²) in [5, 5.41) is 5.67. The van der Waals surface area contributed by atoms with Crippen molar-refractivity contribution in [1.82, 2.24) is 10.2 Å². The van der Waals surface area contributed by atoms with Gasteiger partial charge in [0, 0.05) is 25.9 Å². The van der Waals surface area contributed by atoms with Crippen LogP contribution in [0.2, 0.25) is 0 Å². The van der Waals surface area contributed by atoms with Crippen molar-refractivity contribution in [3.8, 4) is 0 Å². The Morgan fingerprint density at radius 2 is 1.92 bits per heavy atom. The third-order valence-corrected chi connectivity index (χ3v) is 3.51. The normalized spacial score (nSPS) is 10.9. The molecule has 0 aliphatic heterocycles. The van der Waals surface area contributed by atoms with E-state index in [0.717, 1.165) is 12.1 Å². The van der Waals surface area contributed by atoms with E-state index >= 15 is 0 Å². The molecule has 1 rings (SSSR count). The van der Waals surface area contributed by atoms with Crippen molar-refractivity contribution in [2.24, 2.45) is 0 Å². The van der Waals surface area contributed by atoms with Crippen molar-refractivity contribution in [3.05, 3.63) is 29.8 Å². The summed E-state index contributed by atoms with van der Waals surface area (Å²) in [5.74, 6) is 0.181. The number of anilines is 1. The van der Waals surface area contributed by atoms with Gasteiger partial charge in [-0.05, 0) is 37.1 Å². The van der Waals surface area contributed by atoms with Gasteiger partial charge in [-0.3, -0.25) is 14.5 Å². The summed E-state index contributed by atoms with van der Waals surface area (Å²) in [6, 6.07) is 7.82. The van der Waals surface area contributed by atoms with Gasteiger partial charge in [0.25, 0.3) is 0 Å². The Kier molecular flexibility index (Phi) is 9.04. The summed E-state index contributed by atoms with van der Waals surface area (Å²) in [4.78, 5) is 25.5. The van der Waals surface area contributed by atoms with Crippen LogP contribution in [-0.2, 0) is 14.3 Å². The molecule has 0 spiro atoms. The van der Waals surface area contributed by atoms with Crippen LogP contribution < -0.4 is 10.6 Å². The monoisotopic (exact) mass is 335 g/mol. The van der Waals surface area contributed by atoms with Crippen molar-refractivity contribution in [2.75, 3.05) is 45.7 Å². The number of ether oxygens (including phenoxy) is 1. The number of nitrogens with one attached hydrogen (secondary N) is 2. The van der Waals surface area contributed by atoms with Crippen molar-refractivity contribution < 1.29 is 14.3 Å². The van der Waals surface area contributed by atoms with Crippen LogP contribution in [-0.4, -0.2) is 57.1 Å². The van der Waals surface area contributed by atoms with E-state index < -0.39 is 0 Å². The van der Waals surface area contributed by atoms with E-state index in [1.807, 2.05) is 24.3 Å². The third-order valence-electron chi connectivity index (χ3n) is 3.51. The lowest BCUT2D eigenvalue weighted by Crippen LogP contribution is -2.39. The summed E-state index contributed by atoms with van der Waals surface area (Å²) in [5.41, 5.74) is 1.96. The molecule has 1 aromatic carbocycles. The first-order valence-corrected chi connectivity index (χ1v) is 8.26. The predicted molar refractivity (Wildman–Crippen MR) is 96.2 cm³/mol. The van der Waals surface area contributed by atoms with E-state index in [0.29, 0.717) is 19.1 Å². The average molecular weight is 335 g/mol. The quantitative estimate of drug-likeness (QED) is 0.640. The predicted octanol–water partition coefficient (Wildman–Crippen LogP) is 1.83. The molecule has 0 aliphatic rings. The van der Waals surface area contributed by atoms with E-state index in [4.69, 9.17) is 4.74 Å². The zero-order valence-corrected chi connectivity index (χ0v) is 15.1. The summed E-state index contributed by atoms with van der Waals surface area (Å²) >= 11 is 0. The molecule has 6 nitrogen and oxygen atoms in total. The third kappa shape index (κ3) is 8.08. The fourth-order valence-electron chi connectivity index (χ4n) is 2.22. The number of hydrogen-bond donors (Lipinski definition) is 2. The van der Waals surface area contributed by atoms with Crippen LogP contribution in [0.1, 0.15) is 31.7 Å². The molecule has 0 fully saturated rings. The van der Waals surface area contributed by atoms with Crippen molar-refractivity contribution in [1.29, 1.82) is 0 Å². The number of rotatable bonds is 10. The Balaban J connectivity index is 2.36. The molecule has 24 heavy (non-hydrogen) atoms. The fourth-order valence-corrected chi connectivity index (χ4v) is 2.22. The number of carbonyl (C=O) groups is 2. The second-order valence-corrected chi connectivity index (χ2v) is 6.20. The number of nitrogens with zero attached hydrogens (tertiary/aromatic N) is 1. The zero-order chi connectivity index (χ0) is 17.9. The molecule has 2 N–H and O–H groups in total. The highest BCUT2D eigenvalue weighted by Gasteiger charge is 2.11. The van der Waals surface area contributed by atoms with Crippen LogP contribution in [0.15, 0.2) is 24.3 Å². The molecule has 134 valence electrons. The Hall–Kier alpha value is -1.92. The molecular weight excluding hydrogens is 306 g/mol. The minimum Gasteiger partial charge on any atom is -0.385 e. The van der Waals surface area contributed by atoms with Crippen LogP contribution in [0.5, 0.6) is 0 Å². The van der Waals surface area contributed by atoms with Crippen molar-refractivity contribution >= 4 is 17.5 Å². The molecule has 6 heteroatoms. The Bertz CT molecular complexity index is 532. The molecule has 0 saturated heterocycles. The number of amides is 2. The Labute approximate surface area is 144 Å². The molecule has 2 amide bonds. The lowest BCUT2D eigenvalue weighted by atomic mass is 10.0. The number of hydrogen-bond acceptors (Lipinski definition) is 4. The highest BCUT2D eigenvalue weighted by atomic mass is 16.5. The van der Waals surface area contributed by atoms with Gasteiger partial charge in [0.2, 0.25) is 11.8 Å². The molecule has 1 aromatic rings. The molecule has 0 atom stereocenters. The average Bonchev–Trinajstić information content (AvgIpc) is 2.51.